The fourth-order valence-corrected chi connectivity index (χ4v) is 1.83. The van der Waals surface area contributed by atoms with E-state index in [1.807, 2.05) is 0 Å². The number of pyridine rings is 1. The third kappa shape index (κ3) is 3.75. The number of halogens is 8. The maximum absolute atomic E-state index is 13.2. The predicted octanol–water partition coefficient (Wildman–Crippen LogP) is 3.93. The van der Waals surface area contributed by atoms with Crippen LogP contribution >= 0.6 is 23.2 Å². The standard InChI is InChI=1S/C11H8Cl2F6N2O/c1-9(14,15)11(18,19)10(16,17)8(22)20-4-5-2-6(12)21-7(13)3-5/h2-3H,4H2,1H3,(H,20,22). The molecule has 0 aliphatic rings. The molecule has 0 aliphatic heterocycles. The second kappa shape index (κ2) is 6.11. The maximum atomic E-state index is 13.2. The molecule has 0 radical (unpaired) electrons. The molecule has 1 heterocycles. The number of carbonyl (C=O) groups is 1. The lowest BCUT2D eigenvalue weighted by atomic mass is 10.1. The second-order valence-corrected chi connectivity index (χ2v) is 5.12. The van der Waals surface area contributed by atoms with E-state index < -0.39 is 37.1 Å². The van der Waals surface area contributed by atoms with Gasteiger partial charge in [0.25, 0.3) is 5.91 Å². The van der Waals surface area contributed by atoms with Crippen molar-refractivity contribution in [2.75, 3.05) is 0 Å². The Bertz CT molecular complexity index is 556. The number of carbonyl (C=O) groups excluding carboxylic acids is 1. The van der Waals surface area contributed by atoms with E-state index in [1.54, 1.807) is 0 Å². The number of hydrogen-bond acceptors (Lipinski definition) is 2. The molecule has 0 aromatic carbocycles. The van der Waals surface area contributed by atoms with Crippen LogP contribution in [0.1, 0.15) is 12.5 Å². The van der Waals surface area contributed by atoms with Crippen LogP contribution in [-0.2, 0) is 11.3 Å². The van der Waals surface area contributed by atoms with Crippen molar-refractivity contribution in [2.45, 2.75) is 31.2 Å². The molecule has 0 saturated carbocycles. The highest BCUT2D eigenvalue weighted by Crippen LogP contribution is 2.45. The Morgan fingerprint density at radius 1 is 1.14 bits per heavy atom. The number of nitrogens with one attached hydrogen (secondary N) is 1. The number of alkyl halides is 6. The Morgan fingerprint density at radius 3 is 2.00 bits per heavy atom. The summed E-state index contributed by atoms with van der Waals surface area (Å²) < 4.78 is 77.6. The van der Waals surface area contributed by atoms with E-state index in [1.165, 1.54) is 5.32 Å². The summed E-state index contributed by atoms with van der Waals surface area (Å²) in [4.78, 5) is 14.7. The number of nitrogens with zero attached hydrogens (tertiary/aromatic N) is 1. The van der Waals surface area contributed by atoms with Crippen LogP contribution in [0.4, 0.5) is 26.3 Å². The number of amides is 1. The van der Waals surface area contributed by atoms with Gasteiger partial charge in [-0.25, -0.2) is 4.98 Å². The molecule has 124 valence electrons. The van der Waals surface area contributed by atoms with Gasteiger partial charge in [-0.15, -0.1) is 0 Å². The summed E-state index contributed by atoms with van der Waals surface area (Å²) in [6.45, 7) is -1.08. The zero-order valence-corrected chi connectivity index (χ0v) is 12.3. The Hall–Kier alpha value is -1.22. The lowest BCUT2D eigenvalue weighted by molar-refractivity contribution is -0.291. The molecule has 1 rings (SSSR count). The topological polar surface area (TPSA) is 42.0 Å². The Kier molecular flexibility index (Phi) is 5.23. The van der Waals surface area contributed by atoms with Gasteiger partial charge in [0.1, 0.15) is 10.3 Å². The average Bonchev–Trinajstić information content (AvgIpc) is 2.33. The average molecular weight is 369 g/mol. The van der Waals surface area contributed by atoms with Crippen LogP contribution in [0, 0.1) is 0 Å². The minimum absolute atomic E-state index is 0.0701. The van der Waals surface area contributed by atoms with Crippen molar-refractivity contribution < 1.29 is 31.1 Å². The van der Waals surface area contributed by atoms with Crippen molar-refractivity contribution >= 4 is 29.1 Å². The summed E-state index contributed by atoms with van der Waals surface area (Å²) in [5.41, 5.74) is 0.0701. The van der Waals surface area contributed by atoms with Gasteiger partial charge in [0.2, 0.25) is 0 Å². The van der Waals surface area contributed by atoms with Crippen LogP contribution in [-0.4, -0.2) is 28.7 Å². The Labute approximate surface area is 130 Å². The Morgan fingerprint density at radius 2 is 1.59 bits per heavy atom. The maximum Gasteiger partial charge on any atom is 0.392 e. The van der Waals surface area contributed by atoms with Gasteiger partial charge in [-0.05, 0) is 17.7 Å². The van der Waals surface area contributed by atoms with Crippen molar-refractivity contribution in [3.63, 3.8) is 0 Å². The number of aromatic nitrogens is 1. The lowest BCUT2D eigenvalue weighted by Gasteiger charge is -2.29. The highest BCUT2D eigenvalue weighted by atomic mass is 35.5. The minimum Gasteiger partial charge on any atom is -0.347 e. The molecule has 0 unspecified atom stereocenters. The van der Waals surface area contributed by atoms with Gasteiger partial charge < -0.3 is 5.32 Å². The van der Waals surface area contributed by atoms with Crippen LogP contribution in [0.15, 0.2) is 12.1 Å². The van der Waals surface area contributed by atoms with Crippen LogP contribution in [0.5, 0.6) is 0 Å². The van der Waals surface area contributed by atoms with Crippen molar-refractivity contribution in [2.24, 2.45) is 0 Å². The fourth-order valence-electron chi connectivity index (χ4n) is 1.33. The SMILES string of the molecule is CC(F)(F)C(F)(F)C(F)(F)C(=O)NCc1cc(Cl)nc(Cl)c1. The van der Waals surface area contributed by atoms with Crippen LogP contribution in [0.3, 0.4) is 0 Å². The molecule has 0 saturated heterocycles. The normalized spacial score (nSPS) is 13.1. The number of rotatable bonds is 5. The van der Waals surface area contributed by atoms with Gasteiger partial charge in [0.15, 0.2) is 0 Å². The molecule has 1 amide bonds. The molecule has 11 heteroatoms. The van der Waals surface area contributed by atoms with Crippen molar-refractivity contribution in [3.8, 4) is 0 Å². The molecule has 0 spiro atoms. The van der Waals surface area contributed by atoms with Gasteiger partial charge >= 0.3 is 17.8 Å². The van der Waals surface area contributed by atoms with Gasteiger partial charge in [-0.3, -0.25) is 4.79 Å². The van der Waals surface area contributed by atoms with E-state index >= 15 is 0 Å². The summed E-state index contributed by atoms with van der Waals surface area (Å²) >= 11 is 11.0. The highest BCUT2D eigenvalue weighted by Gasteiger charge is 2.72. The predicted molar refractivity (Wildman–Crippen MR) is 66.6 cm³/mol. The Balaban J connectivity index is 2.88. The van der Waals surface area contributed by atoms with E-state index in [0.717, 1.165) is 12.1 Å². The first-order chi connectivity index (χ1) is 9.79. The zero-order valence-electron chi connectivity index (χ0n) is 10.7. The van der Waals surface area contributed by atoms with Crippen LogP contribution < -0.4 is 5.32 Å². The quantitative estimate of drug-likeness (QED) is 0.631. The monoisotopic (exact) mass is 368 g/mol. The summed E-state index contributed by atoms with van der Waals surface area (Å²) in [6.07, 6.45) is 0. The van der Waals surface area contributed by atoms with Crippen LogP contribution in [0.25, 0.3) is 0 Å². The van der Waals surface area contributed by atoms with E-state index in [-0.39, 0.29) is 15.9 Å². The molecule has 0 bridgehead atoms. The van der Waals surface area contributed by atoms with Gasteiger partial charge in [-0.1, -0.05) is 23.2 Å². The summed E-state index contributed by atoms with van der Waals surface area (Å²) in [7, 11) is 0. The second-order valence-electron chi connectivity index (χ2n) is 4.34. The highest BCUT2D eigenvalue weighted by molar-refractivity contribution is 6.32. The molecule has 1 N–H and O–H groups in total. The van der Waals surface area contributed by atoms with E-state index in [4.69, 9.17) is 23.2 Å². The van der Waals surface area contributed by atoms with E-state index in [2.05, 4.69) is 4.98 Å². The van der Waals surface area contributed by atoms with E-state index in [9.17, 15) is 31.1 Å². The molecule has 1 aromatic rings. The summed E-state index contributed by atoms with van der Waals surface area (Å²) in [6, 6.07) is 2.25. The van der Waals surface area contributed by atoms with Crippen molar-refractivity contribution in [1.82, 2.24) is 10.3 Å². The third-order valence-electron chi connectivity index (χ3n) is 2.51. The smallest absolute Gasteiger partial charge is 0.347 e. The van der Waals surface area contributed by atoms with Gasteiger partial charge in [0, 0.05) is 13.5 Å². The summed E-state index contributed by atoms with van der Waals surface area (Å²) in [5, 5.41) is 1.16. The molecule has 0 aliphatic carbocycles. The molecule has 3 nitrogen and oxygen atoms in total. The number of hydrogen-bond donors (Lipinski definition) is 1. The molecule has 0 fully saturated rings. The third-order valence-corrected chi connectivity index (χ3v) is 2.89. The first-order valence-electron chi connectivity index (χ1n) is 5.53. The summed E-state index contributed by atoms with van der Waals surface area (Å²) in [5.74, 6) is -19.1. The first kappa shape index (κ1) is 18.8. The van der Waals surface area contributed by atoms with Gasteiger partial charge in [-0.2, -0.15) is 26.3 Å². The molecule has 0 atom stereocenters. The largest absolute Gasteiger partial charge is 0.392 e. The zero-order chi connectivity index (χ0) is 17.3. The molecular formula is C11H8Cl2F6N2O. The van der Waals surface area contributed by atoms with Gasteiger partial charge in [0.05, 0.1) is 0 Å². The minimum atomic E-state index is -5.85. The van der Waals surface area contributed by atoms with Crippen molar-refractivity contribution in [1.29, 1.82) is 0 Å². The van der Waals surface area contributed by atoms with E-state index in [0.29, 0.717) is 0 Å². The van der Waals surface area contributed by atoms with Crippen LogP contribution in [0.2, 0.25) is 10.3 Å². The molecular weight excluding hydrogens is 361 g/mol. The molecule has 1 aromatic heterocycles. The first-order valence-corrected chi connectivity index (χ1v) is 6.28. The lowest BCUT2D eigenvalue weighted by Crippen LogP contribution is -2.59. The fraction of sp³-hybridized carbons (Fsp3) is 0.455. The van der Waals surface area contributed by atoms with Crippen molar-refractivity contribution in [3.05, 3.63) is 28.0 Å². The molecule has 22 heavy (non-hydrogen) atoms.